The number of benzene rings is 1. The molecular weight excluding hydrogens is 290 g/mol. The van der Waals surface area contributed by atoms with Crippen molar-refractivity contribution in [2.45, 2.75) is 25.2 Å². The van der Waals surface area contributed by atoms with E-state index >= 15 is 0 Å². The predicted octanol–water partition coefficient (Wildman–Crippen LogP) is 3.54. The highest BCUT2D eigenvalue weighted by Gasteiger charge is 2.21. The minimum Gasteiger partial charge on any atom is -0.465 e. The smallest absolute Gasteiger partial charge is 0.404 e. The molecule has 0 aliphatic heterocycles. The van der Waals surface area contributed by atoms with Crippen LogP contribution in [0.5, 0.6) is 0 Å². The molecule has 23 heavy (non-hydrogen) atoms. The largest absolute Gasteiger partial charge is 0.465 e. The van der Waals surface area contributed by atoms with Crippen LogP contribution in [0, 0.1) is 0 Å². The molecule has 0 fully saturated rings. The van der Waals surface area contributed by atoms with Crippen LogP contribution in [0.4, 0.5) is 16.2 Å². The normalized spacial score (nSPS) is 16.5. The Morgan fingerprint density at radius 2 is 2.26 bits per heavy atom. The Hall–Kier alpha value is -2.56. The average Bonchev–Trinajstić information content (AvgIpc) is 2.59. The number of hydrogen-bond acceptors (Lipinski definition) is 3. The van der Waals surface area contributed by atoms with Gasteiger partial charge in [-0.25, -0.2) is 4.79 Å². The van der Waals surface area contributed by atoms with Crippen LogP contribution in [0.1, 0.15) is 29.9 Å². The number of nitrogens with zero attached hydrogens (tertiary/aromatic N) is 2. The van der Waals surface area contributed by atoms with Gasteiger partial charge in [0.2, 0.25) is 0 Å². The molecule has 0 saturated heterocycles. The van der Waals surface area contributed by atoms with Gasteiger partial charge in [-0.1, -0.05) is 6.07 Å². The van der Waals surface area contributed by atoms with Crippen molar-refractivity contribution < 1.29 is 9.90 Å². The van der Waals surface area contributed by atoms with Gasteiger partial charge in [0.25, 0.3) is 0 Å². The Bertz CT molecular complexity index is 688. The lowest BCUT2D eigenvalue weighted by molar-refractivity contribution is 0.193. The lowest BCUT2D eigenvalue weighted by Crippen LogP contribution is -2.28. The third kappa shape index (κ3) is 3.44. The number of carboxylic acid groups (broad SMARTS) is 1. The summed E-state index contributed by atoms with van der Waals surface area (Å²) in [6.45, 7) is 0.486. The topological polar surface area (TPSA) is 65.5 Å². The number of amides is 1. The first-order valence-corrected chi connectivity index (χ1v) is 7.88. The van der Waals surface area contributed by atoms with Crippen LogP contribution in [0.15, 0.2) is 42.7 Å². The monoisotopic (exact) mass is 311 g/mol. The number of fused-ring (bicyclic) bond motifs is 1. The van der Waals surface area contributed by atoms with Crippen molar-refractivity contribution >= 4 is 17.5 Å². The molecule has 0 saturated carbocycles. The zero-order valence-electron chi connectivity index (χ0n) is 13.2. The second kappa shape index (κ2) is 6.69. The number of carbonyl (C=O) groups is 1. The van der Waals surface area contributed by atoms with Gasteiger partial charge in [0, 0.05) is 31.4 Å². The molecule has 1 aliphatic carbocycles. The zero-order chi connectivity index (χ0) is 16.2. The quantitative estimate of drug-likeness (QED) is 0.906. The van der Waals surface area contributed by atoms with Crippen LogP contribution in [0.3, 0.4) is 0 Å². The maximum Gasteiger partial charge on any atom is 0.404 e. The summed E-state index contributed by atoms with van der Waals surface area (Å²) >= 11 is 0. The Morgan fingerprint density at radius 1 is 1.39 bits per heavy atom. The minimum absolute atomic E-state index is 0.271. The van der Waals surface area contributed by atoms with Crippen LogP contribution in [-0.4, -0.2) is 29.8 Å². The Kier molecular flexibility index (Phi) is 4.46. The first-order chi connectivity index (χ1) is 11.1. The van der Waals surface area contributed by atoms with E-state index in [9.17, 15) is 4.79 Å². The van der Waals surface area contributed by atoms with E-state index < -0.39 is 6.09 Å². The molecule has 2 aromatic rings. The highest BCUT2D eigenvalue weighted by molar-refractivity contribution is 5.65. The molecule has 5 heteroatoms. The summed E-state index contributed by atoms with van der Waals surface area (Å²) in [4.78, 5) is 17.0. The van der Waals surface area contributed by atoms with Gasteiger partial charge in [-0.05, 0) is 54.7 Å². The van der Waals surface area contributed by atoms with E-state index in [4.69, 9.17) is 5.11 Å². The molecule has 0 spiro atoms. The summed E-state index contributed by atoms with van der Waals surface area (Å²) in [6, 6.07) is 10.4. The highest BCUT2D eigenvalue weighted by atomic mass is 16.4. The summed E-state index contributed by atoms with van der Waals surface area (Å²) < 4.78 is 0. The van der Waals surface area contributed by atoms with Crippen LogP contribution >= 0.6 is 0 Å². The van der Waals surface area contributed by atoms with Gasteiger partial charge < -0.3 is 15.3 Å². The maximum atomic E-state index is 10.7. The maximum absolute atomic E-state index is 10.7. The first kappa shape index (κ1) is 15.3. The van der Waals surface area contributed by atoms with Crippen LogP contribution in [-0.2, 0) is 6.42 Å². The molecule has 1 aromatic carbocycles. The summed E-state index contributed by atoms with van der Waals surface area (Å²) in [5, 5.41) is 11.3. The minimum atomic E-state index is -0.954. The first-order valence-electron chi connectivity index (χ1n) is 7.88. The molecule has 0 radical (unpaired) electrons. The zero-order valence-corrected chi connectivity index (χ0v) is 13.2. The van der Waals surface area contributed by atoms with Gasteiger partial charge in [0.15, 0.2) is 0 Å². The fourth-order valence-corrected chi connectivity index (χ4v) is 3.23. The molecule has 1 atom stereocenters. The Labute approximate surface area is 136 Å². The van der Waals surface area contributed by atoms with Gasteiger partial charge in [-0.2, -0.15) is 0 Å². The second-order valence-electron chi connectivity index (χ2n) is 5.93. The van der Waals surface area contributed by atoms with Crippen LogP contribution < -0.4 is 10.2 Å². The third-order valence-corrected chi connectivity index (χ3v) is 4.49. The molecule has 1 aromatic heterocycles. The summed E-state index contributed by atoms with van der Waals surface area (Å²) in [5.41, 5.74) is 4.77. The number of hydrogen-bond donors (Lipinski definition) is 2. The van der Waals surface area contributed by atoms with Crippen molar-refractivity contribution in [3.05, 3.63) is 53.9 Å². The van der Waals surface area contributed by atoms with Crippen molar-refractivity contribution in [3.63, 3.8) is 0 Å². The fourth-order valence-electron chi connectivity index (χ4n) is 3.23. The van der Waals surface area contributed by atoms with Crippen molar-refractivity contribution in [3.8, 4) is 0 Å². The van der Waals surface area contributed by atoms with Crippen LogP contribution in [0.25, 0.3) is 0 Å². The van der Waals surface area contributed by atoms with Crippen LogP contribution in [0.2, 0.25) is 0 Å². The summed E-state index contributed by atoms with van der Waals surface area (Å²) in [7, 11) is 2.03. The third-order valence-electron chi connectivity index (χ3n) is 4.49. The van der Waals surface area contributed by atoms with E-state index in [1.54, 1.807) is 6.20 Å². The molecule has 5 nitrogen and oxygen atoms in total. The van der Waals surface area contributed by atoms with Crippen molar-refractivity contribution in [2.75, 3.05) is 18.5 Å². The predicted molar refractivity (Wildman–Crippen MR) is 90.4 cm³/mol. The standard InChI is InChI=1S/C18H21N3O2/c1-21(16-6-3-9-19-12-16)15-7-8-17-13(10-15)4-2-5-14(17)11-20-18(22)23/h3,6-10,12,14,20H,2,4-5,11H2,1H3,(H,22,23)/t14-/m0/s1. The van der Waals surface area contributed by atoms with Gasteiger partial charge >= 0.3 is 6.09 Å². The lowest BCUT2D eigenvalue weighted by Gasteiger charge is -2.28. The van der Waals surface area contributed by atoms with Gasteiger partial charge in [0.05, 0.1) is 11.9 Å². The number of anilines is 2. The van der Waals surface area contributed by atoms with Crippen molar-refractivity contribution in [1.29, 1.82) is 0 Å². The van der Waals surface area contributed by atoms with E-state index in [0.29, 0.717) is 6.54 Å². The van der Waals surface area contributed by atoms with E-state index in [1.165, 1.54) is 11.1 Å². The Balaban J connectivity index is 1.83. The van der Waals surface area contributed by atoms with E-state index in [0.717, 1.165) is 30.6 Å². The van der Waals surface area contributed by atoms with E-state index in [1.807, 2.05) is 25.4 Å². The molecule has 1 heterocycles. The molecule has 120 valence electrons. The highest BCUT2D eigenvalue weighted by Crippen LogP contribution is 2.34. The number of pyridine rings is 1. The fraction of sp³-hybridized carbons (Fsp3) is 0.333. The summed E-state index contributed by atoms with van der Waals surface area (Å²) in [5.74, 6) is 0.271. The molecular formula is C18H21N3O2. The van der Waals surface area contributed by atoms with Gasteiger partial charge in [-0.3, -0.25) is 4.98 Å². The second-order valence-corrected chi connectivity index (χ2v) is 5.93. The molecule has 3 rings (SSSR count). The Morgan fingerprint density at radius 3 is 3.00 bits per heavy atom. The molecule has 0 bridgehead atoms. The summed E-state index contributed by atoms with van der Waals surface area (Å²) in [6.07, 6.45) is 5.84. The lowest BCUT2D eigenvalue weighted by atomic mass is 9.82. The number of nitrogens with one attached hydrogen (secondary N) is 1. The number of aromatic nitrogens is 1. The van der Waals surface area contributed by atoms with Crippen molar-refractivity contribution in [1.82, 2.24) is 10.3 Å². The molecule has 1 amide bonds. The SMILES string of the molecule is CN(c1cccnc1)c1ccc2c(c1)CCC[C@H]2CNC(=O)O. The van der Waals surface area contributed by atoms with Crippen molar-refractivity contribution in [2.24, 2.45) is 0 Å². The average molecular weight is 311 g/mol. The number of aryl methyl sites for hydroxylation is 1. The van der Waals surface area contributed by atoms with E-state index in [2.05, 4.69) is 33.4 Å². The molecule has 2 N–H and O–H groups in total. The molecule has 0 unspecified atom stereocenters. The van der Waals surface area contributed by atoms with E-state index in [-0.39, 0.29) is 5.92 Å². The molecule has 1 aliphatic rings. The number of rotatable bonds is 4. The van der Waals surface area contributed by atoms with Gasteiger partial charge in [0.1, 0.15) is 0 Å². The van der Waals surface area contributed by atoms with Gasteiger partial charge in [-0.15, -0.1) is 0 Å².